The Hall–Kier alpha value is -0.426. The molecule has 1 rings (SSSR count). The van der Waals surface area contributed by atoms with E-state index in [9.17, 15) is 0 Å². The standard InChI is InChI=1S/C18H34O2Si2/c1-9-10-12-21(5,6)19-17(15(2)3)14-18-16(4)11-13-22(7,8)20-18/h9,11,17-18H,1-2,10,12-14H2,3-8H3/t17-,18+/m0/s1. The predicted octanol–water partition coefficient (Wildman–Crippen LogP) is 5.67. The smallest absolute Gasteiger partial charge is 0.191 e. The molecule has 1 aliphatic heterocycles. The lowest BCUT2D eigenvalue weighted by atomic mass is 10.0. The Morgan fingerprint density at radius 3 is 2.73 bits per heavy atom. The molecule has 0 saturated carbocycles. The average Bonchev–Trinajstić information content (AvgIpc) is 2.39. The summed E-state index contributed by atoms with van der Waals surface area (Å²) in [6, 6.07) is 2.23. The molecule has 1 aliphatic rings. The summed E-state index contributed by atoms with van der Waals surface area (Å²) < 4.78 is 12.9. The van der Waals surface area contributed by atoms with Gasteiger partial charge in [0.25, 0.3) is 0 Å². The lowest BCUT2D eigenvalue weighted by Crippen LogP contribution is -2.42. The third-order valence-electron chi connectivity index (χ3n) is 4.27. The molecular formula is C18H34O2Si2. The Labute approximate surface area is 139 Å². The van der Waals surface area contributed by atoms with E-state index in [1.165, 1.54) is 5.57 Å². The van der Waals surface area contributed by atoms with Crippen molar-refractivity contribution in [2.45, 2.75) is 77.2 Å². The molecule has 0 radical (unpaired) electrons. The van der Waals surface area contributed by atoms with Crippen LogP contribution in [0.2, 0.25) is 38.3 Å². The highest BCUT2D eigenvalue weighted by molar-refractivity contribution is 6.72. The lowest BCUT2D eigenvalue weighted by Gasteiger charge is -2.37. The minimum Gasteiger partial charge on any atom is -0.411 e. The first-order chi connectivity index (χ1) is 10.1. The molecule has 0 saturated heterocycles. The second-order valence-electron chi connectivity index (χ2n) is 7.79. The maximum atomic E-state index is 6.52. The average molecular weight is 339 g/mol. The fourth-order valence-corrected chi connectivity index (χ4v) is 6.78. The van der Waals surface area contributed by atoms with Crippen molar-refractivity contribution in [1.29, 1.82) is 0 Å². The Morgan fingerprint density at radius 1 is 1.55 bits per heavy atom. The second kappa shape index (κ2) is 7.91. The molecule has 2 nitrogen and oxygen atoms in total. The van der Waals surface area contributed by atoms with Gasteiger partial charge in [-0.05, 0) is 58.5 Å². The van der Waals surface area contributed by atoms with E-state index in [0.29, 0.717) is 0 Å². The fourth-order valence-electron chi connectivity index (χ4n) is 2.74. The number of rotatable bonds is 8. The summed E-state index contributed by atoms with van der Waals surface area (Å²) in [5.74, 6) is 0. The van der Waals surface area contributed by atoms with E-state index >= 15 is 0 Å². The van der Waals surface area contributed by atoms with Gasteiger partial charge in [-0.2, -0.15) is 0 Å². The quantitative estimate of drug-likeness (QED) is 0.419. The molecule has 4 heteroatoms. The van der Waals surface area contributed by atoms with Gasteiger partial charge in [0.1, 0.15) is 0 Å². The molecule has 0 amide bonds. The van der Waals surface area contributed by atoms with Gasteiger partial charge < -0.3 is 8.85 Å². The molecule has 0 bridgehead atoms. The minimum absolute atomic E-state index is 0.0998. The van der Waals surface area contributed by atoms with Crippen molar-refractivity contribution in [1.82, 2.24) is 0 Å². The van der Waals surface area contributed by atoms with Gasteiger partial charge >= 0.3 is 0 Å². The van der Waals surface area contributed by atoms with Gasteiger partial charge in [-0.3, -0.25) is 0 Å². The molecule has 22 heavy (non-hydrogen) atoms. The van der Waals surface area contributed by atoms with Crippen LogP contribution in [0.5, 0.6) is 0 Å². The highest BCUT2D eigenvalue weighted by Gasteiger charge is 2.34. The van der Waals surface area contributed by atoms with Crippen LogP contribution in [0.1, 0.15) is 26.7 Å². The molecular weight excluding hydrogens is 304 g/mol. The summed E-state index contributed by atoms with van der Waals surface area (Å²) >= 11 is 0. The zero-order valence-corrected chi connectivity index (χ0v) is 17.4. The Bertz CT molecular complexity index is 438. The van der Waals surface area contributed by atoms with Crippen molar-refractivity contribution in [3.63, 3.8) is 0 Å². The summed E-state index contributed by atoms with van der Waals surface area (Å²) in [6.45, 7) is 21.4. The molecule has 0 fully saturated rings. The van der Waals surface area contributed by atoms with Gasteiger partial charge in [0.05, 0.1) is 12.2 Å². The number of allylic oxidation sites excluding steroid dienone is 2. The monoisotopic (exact) mass is 338 g/mol. The summed E-state index contributed by atoms with van der Waals surface area (Å²) in [7, 11) is -3.23. The highest BCUT2D eigenvalue weighted by Crippen LogP contribution is 2.31. The number of hydrogen-bond donors (Lipinski definition) is 0. The maximum Gasteiger partial charge on any atom is 0.191 e. The van der Waals surface area contributed by atoms with E-state index in [0.717, 1.165) is 30.5 Å². The van der Waals surface area contributed by atoms with Crippen LogP contribution in [0, 0.1) is 0 Å². The molecule has 0 N–H and O–H groups in total. The normalized spacial score (nSPS) is 22.8. The van der Waals surface area contributed by atoms with E-state index in [4.69, 9.17) is 8.85 Å². The van der Waals surface area contributed by atoms with E-state index in [-0.39, 0.29) is 12.2 Å². The Balaban J connectivity index is 2.76. The number of hydrogen-bond acceptors (Lipinski definition) is 2. The Kier molecular flexibility index (Phi) is 7.05. The van der Waals surface area contributed by atoms with Crippen molar-refractivity contribution < 1.29 is 8.85 Å². The van der Waals surface area contributed by atoms with Crippen molar-refractivity contribution in [3.8, 4) is 0 Å². The molecule has 0 unspecified atom stereocenters. The van der Waals surface area contributed by atoms with Gasteiger partial charge in [-0.25, -0.2) is 0 Å². The van der Waals surface area contributed by atoms with Crippen LogP contribution in [0.4, 0.5) is 0 Å². The van der Waals surface area contributed by atoms with Crippen LogP contribution >= 0.6 is 0 Å². The first-order valence-electron chi connectivity index (χ1n) is 8.35. The molecule has 1 heterocycles. The van der Waals surface area contributed by atoms with Gasteiger partial charge in [0.15, 0.2) is 16.6 Å². The summed E-state index contributed by atoms with van der Waals surface area (Å²) in [5, 5.41) is 0. The first kappa shape index (κ1) is 19.6. The molecule has 0 aliphatic carbocycles. The largest absolute Gasteiger partial charge is 0.411 e. The van der Waals surface area contributed by atoms with E-state index < -0.39 is 16.6 Å². The zero-order valence-electron chi connectivity index (χ0n) is 15.4. The molecule has 2 atom stereocenters. The first-order valence-corrected chi connectivity index (χ1v) is 14.6. The Morgan fingerprint density at radius 2 is 2.18 bits per heavy atom. The van der Waals surface area contributed by atoms with Crippen LogP contribution < -0.4 is 0 Å². The molecule has 0 aromatic carbocycles. The zero-order chi connectivity index (χ0) is 17.0. The van der Waals surface area contributed by atoms with E-state index in [2.05, 4.69) is 59.3 Å². The van der Waals surface area contributed by atoms with Crippen molar-refractivity contribution in [3.05, 3.63) is 36.5 Å². The van der Waals surface area contributed by atoms with Gasteiger partial charge in [-0.1, -0.05) is 29.9 Å². The highest BCUT2D eigenvalue weighted by atomic mass is 28.4. The van der Waals surface area contributed by atoms with Crippen LogP contribution in [-0.2, 0) is 8.85 Å². The summed E-state index contributed by atoms with van der Waals surface area (Å²) in [6.07, 6.45) is 6.58. The topological polar surface area (TPSA) is 18.5 Å². The van der Waals surface area contributed by atoms with Crippen molar-refractivity contribution in [2.75, 3.05) is 0 Å². The molecule has 0 aromatic heterocycles. The third kappa shape index (κ3) is 6.36. The van der Waals surface area contributed by atoms with Gasteiger partial charge in [0, 0.05) is 6.42 Å². The minimum atomic E-state index is -1.69. The van der Waals surface area contributed by atoms with Crippen molar-refractivity contribution in [2.24, 2.45) is 0 Å². The van der Waals surface area contributed by atoms with Gasteiger partial charge in [-0.15, -0.1) is 6.58 Å². The fraction of sp³-hybridized carbons (Fsp3) is 0.667. The van der Waals surface area contributed by atoms with E-state index in [1.54, 1.807) is 0 Å². The molecule has 0 aromatic rings. The van der Waals surface area contributed by atoms with E-state index in [1.807, 2.05) is 6.08 Å². The van der Waals surface area contributed by atoms with Gasteiger partial charge in [0.2, 0.25) is 0 Å². The lowest BCUT2D eigenvalue weighted by molar-refractivity contribution is 0.136. The predicted molar refractivity (Wildman–Crippen MR) is 102 cm³/mol. The molecule has 0 spiro atoms. The summed E-state index contributed by atoms with van der Waals surface area (Å²) in [4.78, 5) is 0. The van der Waals surface area contributed by atoms with Crippen LogP contribution in [0.15, 0.2) is 36.5 Å². The van der Waals surface area contributed by atoms with Crippen molar-refractivity contribution >= 4 is 16.6 Å². The second-order valence-corrected chi connectivity index (χ2v) is 16.2. The SMILES string of the molecule is C=CCC[Si](C)(C)O[C@@H](C[C@H]1O[Si](C)(C)CC=C1C)C(=C)C. The van der Waals surface area contributed by atoms with Crippen LogP contribution in [-0.4, -0.2) is 28.8 Å². The maximum absolute atomic E-state index is 6.52. The third-order valence-corrected chi connectivity index (χ3v) is 8.80. The molecule has 126 valence electrons. The van der Waals surface area contributed by atoms with Crippen LogP contribution in [0.3, 0.4) is 0 Å². The van der Waals surface area contributed by atoms with Crippen LogP contribution in [0.25, 0.3) is 0 Å². The summed E-state index contributed by atoms with van der Waals surface area (Å²) in [5.41, 5.74) is 2.47.